The summed E-state index contributed by atoms with van der Waals surface area (Å²) in [5.41, 5.74) is 0. The van der Waals surface area contributed by atoms with Crippen molar-refractivity contribution >= 4 is 10.1 Å². The normalized spacial score (nSPS) is 16.7. The first-order valence-corrected chi connectivity index (χ1v) is 6.84. The Labute approximate surface area is 182 Å². The summed E-state index contributed by atoms with van der Waals surface area (Å²) in [6.45, 7) is 0. The van der Waals surface area contributed by atoms with Gasteiger partial charge in [0.2, 0.25) is 0 Å². The minimum Gasteiger partial charge on any atom is -0.743 e. The largest absolute Gasteiger partial charge is 1.00 e. The van der Waals surface area contributed by atoms with Crippen LogP contribution in [0.25, 0.3) is 0 Å². The Hall–Kier alpha value is 0.566. The van der Waals surface area contributed by atoms with Gasteiger partial charge in [-0.1, -0.05) is 0 Å². The third kappa shape index (κ3) is 5.01. The van der Waals surface area contributed by atoms with E-state index in [-0.39, 0.29) is 51.4 Å². The van der Waals surface area contributed by atoms with Crippen molar-refractivity contribution in [1.82, 2.24) is 0 Å². The summed E-state index contributed by atoms with van der Waals surface area (Å²) in [7, 11) is -7.86. The average molecular weight is 484 g/mol. The van der Waals surface area contributed by atoms with Crippen molar-refractivity contribution in [3.63, 3.8) is 0 Å². The van der Waals surface area contributed by atoms with E-state index >= 15 is 0 Å². The molecule has 158 valence electrons. The van der Waals surface area contributed by atoms with Gasteiger partial charge < -0.3 is 4.55 Å². The van der Waals surface area contributed by atoms with Crippen LogP contribution < -0.4 is 51.4 Å². The van der Waals surface area contributed by atoms with Crippen molar-refractivity contribution in [3.8, 4) is 0 Å². The van der Waals surface area contributed by atoms with Crippen molar-refractivity contribution in [2.45, 2.75) is 47.7 Å². The summed E-state index contributed by atoms with van der Waals surface area (Å²) >= 11 is 0. The first-order chi connectivity index (χ1) is 10.9. The predicted octanol–water partition coefficient (Wildman–Crippen LogP) is 0.960. The molecule has 0 aromatic heterocycles. The molecule has 0 saturated heterocycles. The van der Waals surface area contributed by atoms with Crippen molar-refractivity contribution < 1.29 is 126 Å². The van der Waals surface area contributed by atoms with E-state index < -0.39 is 57.8 Å². The number of rotatable bonds is 7. The second-order valence-corrected chi connectivity index (χ2v) is 6.02. The summed E-state index contributed by atoms with van der Waals surface area (Å²) in [4.78, 5) is 0. The fourth-order valence-electron chi connectivity index (χ4n) is 1.27. The van der Waals surface area contributed by atoms with E-state index in [4.69, 9.17) is 0 Å². The molecule has 0 aliphatic carbocycles. The molecular weight excluding hydrogens is 481 g/mol. The molecule has 0 heterocycles. The number of hydrogen-bond donors (Lipinski definition) is 0. The molecule has 0 amide bonds. The Morgan fingerprint density at radius 2 is 1.04 bits per heavy atom. The fraction of sp³-hybridized carbons (Fsp3) is 1.00. The van der Waals surface area contributed by atoms with E-state index in [0.29, 0.717) is 0 Å². The van der Waals surface area contributed by atoms with Crippen molar-refractivity contribution in [2.75, 3.05) is 0 Å². The van der Waals surface area contributed by atoms with E-state index in [1.807, 2.05) is 0 Å². The second-order valence-electron chi connectivity index (χ2n) is 4.60. The maximum Gasteiger partial charge on any atom is 1.00 e. The van der Waals surface area contributed by atoms with Gasteiger partial charge in [-0.05, 0) is 0 Å². The van der Waals surface area contributed by atoms with E-state index in [1.54, 1.807) is 0 Å². The van der Waals surface area contributed by atoms with Crippen LogP contribution in [0.15, 0.2) is 0 Å². The van der Waals surface area contributed by atoms with Crippen molar-refractivity contribution in [2.24, 2.45) is 0 Å². The molecule has 0 aliphatic heterocycles. The molecule has 0 saturated carbocycles. The first kappa shape index (κ1) is 29.8. The molecule has 1 unspecified atom stereocenters. The van der Waals surface area contributed by atoms with Gasteiger partial charge in [-0.2, -0.15) is 57.1 Å². The third-order valence-electron chi connectivity index (χ3n) is 2.69. The maximum atomic E-state index is 13.0. The van der Waals surface area contributed by atoms with Crippen LogP contribution in [0.1, 0.15) is 6.42 Å². The summed E-state index contributed by atoms with van der Waals surface area (Å²) in [5.74, 6) is -31.6. The molecule has 0 aromatic rings. The quantitative estimate of drug-likeness (QED) is 0.308. The molecule has 0 N–H and O–H groups in total. The Morgan fingerprint density at radius 3 is 1.30 bits per heavy atom. The van der Waals surface area contributed by atoms with Gasteiger partial charge in [0, 0.05) is 0 Å². The van der Waals surface area contributed by atoms with E-state index in [9.17, 15) is 74.4 Å². The molecule has 0 radical (unpaired) electrons. The van der Waals surface area contributed by atoms with Crippen LogP contribution in [0.3, 0.4) is 0 Å². The van der Waals surface area contributed by atoms with Crippen LogP contribution in [-0.2, 0) is 10.1 Å². The summed E-state index contributed by atoms with van der Waals surface area (Å²) in [6.07, 6.45) is -14.9. The van der Waals surface area contributed by atoms with E-state index in [1.165, 1.54) is 0 Å². The number of halogens is 14. The van der Waals surface area contributed by atoms with Crippen LogP contribution in [0.4, 0.5) is 61.5 Å². The standard InChI is InChI=1S/C8H4F14O3S.K/c9-2(1-3(10,11)12)4(13,14)5(15,16)6(17,18)7(19,20)8(21,22)26(23,24)25;/h2H,1H2,(H,23,24,25);/q;+1/p-1. The molecule has 0 rings (SSSR count). The summed E-state index contributed by atoms with van der Waals surface area (Å²) in [6, 6.07) is 0. The van der Waals surface area contributed by atoms with Gasteiger partial charge >= 0.3 is 86.5 Å². The fourth-order valence-corrected chi connectivity index (χ4v) is 1.72. The molecule has 0 spiro atoms. The van der Waals surface area contributed by atoms with Crippen LogP contribution in [0, 0.1) is 0 Å². The molecule has 0 aliphatic rings. The molecule has 0 fully saturated rings. The zero-order valence-electron chi connectivity index (χ0n) is 12.2. The zero-order chi connectivity index (χ0) is 21.8. The van der Waals surface area contributed by atoms with Gasteiger partial charge in [0.25, 0.3) is 0 Å². The Kier molecular flexibility index (Phi) is 8.83. The molecule has 0 aromatic carbocycles. The van der Waals surface area contributed by atoms with Crippen LogP contribution >= 0.6 is 0 Å². The Bertz CT molecular complexity index is 627. The zero-order valence-corrected chi connectivity index (χ0v) is 16.1. The van der Waals surface area contributed by atoms with Crippen LogP contribution in [0.5, 0.6) is 0 Å². The Morgan fingerprint density at radius 1 is 0.704 bits per heavy atom. The van der Waals surface area contributed by atoms with Crippen molar-refractivity contribution in [3.05, 3.63) is 0 Å². The molecule has 1 atom stereocenters. The van der Waals surface area contributed by atoms with Gasteiger partial charge in [-0.15, -0.1) is 0 Å². The second kappa shape index (κ2) is 8.01. The summed E-state index contributed by atoms with van der Waals surface area (Å²) < 4.78 is 206. The minimum absolute atomic E-state index is 0. The molecule has 27 heavy (non-hydrogen) atoms. The molecule has 19 heteroatoms. The van der Waals surface area contributed by atoms with Gasteiger partial charge in [-0.25, -0.2) is 12.8 Å². The van der Waals surface area contributed by atoms with Gasteiger partial charge in [0.15, 0.2) is 16.3 Å². The van der Waals surface area contributed by atoms with Gasteiger partial charge in [-0.3, -0.25) is 0 Å². The minimum atomic E-state index is -8.18. The van der Waals surface area contributed by atoms with Crippen LogP contribution in [-0.4, -0.2) is 54.3 Å². The first-order valence-electron chi connectivity index (χ1n) is 5.43. The molecule has 0 bridgehead atoms. The monoisotopic (exact) mass is 484 g/mol. The van der Waals surface area contributed by atoms with Gasteiger partial charge in [0.1, 0.15) is 0 Å². The number of hydrogen-bond acceptors (Lipinski definition) is 3. The third-order valence-corrected chi connectivity index (χ3v) is 3.58. The summed E-state index contributed by atoms with van der Waals surface area (Å²) in [5, 5.41) is -7.61. The topological polar surface area (TPSA) is 57.2 Å². The smallest absolute Gasteiger partial charge is 0.743 e. The predicted molar refractivity (Wildman–Crippen MR) is 50.0 cm³/mol. The number of alkyl halides is 14. The van der Waals surface area contributed by atoms with E-state index in [2.05, 4.69) is 0 Å². The SMILES string of the molecule is O=S(=O)([O-])C(F)(F)C(F)(F)C(F)(F)C(F)(F)C(F)(F)C(F)CC(F)(F)F.[K+]. The van der Waals surface area contributed by atoms with Crippen LogP contribution in [0.2, 0.25) is 0 Å². The Balaban J connectivity index is 0. The average Bonchev–Trinajstić information content (AvgIpc) is 2.34. The van der Waals surface area contributed by atoms with Crippen molar-refractivity contribution in [1.29, 1.82) is 0 Å². The molecular formula is C8H3F14KO3S. The van der Waals surface area contributed by atoms with E-state index in [0.717, 1.165) is 0 Å². The maximum absolute atomic E-state index is 13.0. The molecule has 3 nitrogen and oxygen atoms in total. The van der Waals surface area contributed by atoms with Gasteiger partial charge in [0.05, 0.1) is 6.42 Å².